The molecule has 4 aliphatic rings. The average molecular weight is 383 g/mol. The molecule has 0 radical (unpaired) electrons. The Labute approximate surface area is 160 Å². The van der Waals surface area contributed by atoms with E-state index in [9.17, 15) is 9.59 Å². The lowest BCUT2D eigenvalue weighted by molar-refractivity contribution is -0.128. The Hall–Kier alpha value is -0.340. The van der Waals surface area contributed by atoms with Crippen molar-refractivity contribution in [2.75, 3.05) is 0 Å². The Morgan fingerprint density at radius 3 is 2.52 bits per heavy atom. The molecule has 0 saturated heterocycles. The van der Waals surface area contributed by atoms with Gasteiger partial charge >= 0.3 is 0 Å². The van der Waals surface area contributed by atoms with Crippen molar-refractivity contribution in [2.45, 2.75) is 70.1 Å². The number of carbonyl (C=O) groups excluding carboxylic acids is 2. The maximum atomic E-state index is 12.2. The lowest BCUT2D eigenvalue weighted by Crippen LogP contribution is -2.56. The van der Waals surface area contributed by atoms with Crippen LogP contribution in [0.4, 0.5) is 0 Å². The summed E-state index contributed by atoms with van der Waals surface area (Å²) in [5, 5.41) is -0.945. The second kappa shape index (κ2) is 5.83. The van der Waals surface area contributed by atoms with Gasteiger partial charge in [0.05, 0.1) is 5.38 Å². The summed E-state index contributed by atoms with van der Waals surface area (Å²) in [6.07, 6.45) is 8.27. The van der Waals surface area contributed by atoms with Crippen molar-refractivity contribution < 1.29 is 9.59 Å². The molecule has 2 nitrogen and oxygen atoms in total. The molecule has 4 heteroatoms. The van der Waals surface area contributed by atoms with Gasteiger partial charge in [0.1, 0.15) is 11.2 Å². The Bertz CT molecular complexity index is 656. The van der Waals surface area contributed by atoms with Crippen molar-refractivity contribution in [1.29, 1.82) is 0 Å². The van der Waals surface area contributed by atoms with Gasteiger partial charge in [-0.05, 0) is 74.7 Å². The number of hydrogen-bond donors (Lipinski definition) is 0. The predicted molar refractivity (Wildman–Crippen MR) is 101 cm³/mol. The molecule has 0 aromatic heterocycles. The maximum absolute atomic E-state index is 12.2. The zero-order valence-corrected chi connectivity index (χ0v) is 16.9. The molecule has 0 spiro atoms. The number of hydrogen-bond acceptors (Lipinski definition) is 2. The van der Waals surface area contributed by atoms with Crippen molar-refractivity contribution in [3.63, 3.8) is 0 Å². The zero-order chi connectivity index (χ0) is 18.1. The first-order valence-electron chi connectivity index (χ1n) is 9.74. The van der Waals surface area contributed by atoms with Crippen LogP contribution in [0.3, 0.4) is 0 Å². The summed E-state index contributed by atoms with van der Waals surface area (Å²) in [5.41, 5.74) is 1.19. The van der Waals surface area contributed by atoms with E-state index in [1.54, 1.807) is 13.0 Å². The smallest absolute Gasteiger partial charge is 0.175 e. The van der Waals surface area contributed by atoms with Crippen LogP contribution < -0.4 is 0 Å². The second-order valence-electron chi connectivity index (χ2n) is 9.36. The fourth-order valence-corrected chi connectivity index (χ4v) is 7.99. The fourth-order valence-electron chi connectivity index (χ4n) is 7.24. The fraction of sp³-hybridized carbons (Fsp3) is 0.810. The Kier molecular flexibility index (Phi) is 4.21. The van der Waals surface area contributed by atoms with Crippen LogP contribution in [0.2, 0.25) is 0 Å². The minimum Gasteiger partial charge on any atom is -0.300 e. The molecular formula is C21H28Cl2O2. The minimum absolute atomic E-state index is 0.0225. The third-order valence-corrected chi connectivity index (χ3v) is 9.86. The molecule has 4 aliphatic carbocycles. The summed E-state index contributed by atoms with van der Waals surface area (Å²) in [7, 11) is 0. The van der Waals surface area contributed by atoms with E-state index in [1.165, 1.54) is 5.57 Å². The van der Waals surface area contributed by atoms with Crippen molar-refractivity contribution in [1.82, 2.24) is 0 Å². The number of fused-ring (bicyclic) bond motifs is 5. The van der Waals surface area contributed by atoms with Gasteiger partial charge in [-0.3, -0.25) is 9.59 Å². The Balaban J connectivity index is 1.71. The lowest BCUT2D eigenvalue weighted by atomic mass is 9.46. The molecule has 0 N–H and O–H groups in total. The lowest BCUT2D eigenvalue weighted by Gasteiger charge is -2.59. The van der Waals surface area contributed by atoms with E-state index >= 15 is 0 Å². The van der Waals surface area contributed by atoms with Gasteiger partial charge in [0.2, 0.25) is 0 Å². The van der Waals surface area contributed by atoms with Crippen molar-refractivity contribution >= 4 is 34.8 Å². The highest BCUT2D eigenvalue weighted by Crippen LogP contribution is 2.67. The molecule has 8 atom stereocenters. The first-order valence-corrected chi connectivity index (χ1v) is 10.6. The molecule has 4 rings (SSSR count). The van der Waals surface area contributed by atoms with Crippen LogP contribution in [-0.2, 0) is 9.59 Å². The Morgan fingerprint density at radius 2 is 1.84 bits per heavy atom. The summed E-state index contributed by atoms with van der Waals surface area (Å²) >= 11 is 13.2. The van der Waals surface area contributed by atoms with Crippen LogP contribution >= 0.6 is 23.2 Å². The molecule has 0 aromatic rings. The standard InChI is InChI=1S/C21H28Cl2O2/c1-11(24)14-6-7-15-13-5-4-12-10-17(25)18(22)19(23)21(12,3)16(13)8-9-20(14,15)2/h10,13-16,18-19H,4-9H2,1-3H3/t13-,14+,15-,16-,18?,19?,20+,21-/m0/s1. The van der Waals surface area contributed by atoms with E-state index in [-0.39, 0.29) is 27.9 Å². The molecule has 3 saturated carbocycles. The number of allylic oxidation sites excluding steroid dienone is 1. The van der Waals surface area contributed by atoms with Gasteiger partial charge in [-0.15, -0.1) is 23.2 Å². The number of Topliss-reactive ketones (excluding diaryl/α,β-unsaturated/α-hetero) is 1. The summed E-state index contributed by atoms with van der Waals surface area (Å²) in [4.78, 5) is 24.4. The monoisotopic (exact) mass is 382 g/mol. The average Bonchev–Trinajstić information content (AvgIpc) is 2.92. The number of rotatable bonds is 1. The molecular weight excluding hydrogens is 355 g/mol. The van der Waals surface area contributed by atoms with E-state index in [2.05, 4.69) is 13.8 Å². The van der Waals surface area contributed by atoms with E-state index in [0.717, 1.165) is 38.5 Å². The summed E-state index contributed by atoms with van der Waals surface area (Å²) in [6, 6.07) is 0. The Morgan fingerprint density at radius 1 is 1.12 bits per heavy atom. The number of carbonyl (C=O) groups is 2. The van der Waals surface area contributed by atoms with Crippen LogP contribution in [0.25, 0.3) is 0 Å². The molecule has 0 aromatic carbocycles. The highest BCUT2D eigenvalue weighted by atomic mass is 35.5. The van der Waals surface area contributed by atoms with E-state index in [1.807, 2.05) is 0 Å². The highest BCUT2D eigenvalue weighted by molar-refractivity contribution is 6.40. The summed E-state index contributed by atoms with van der Waals surface area (Å²) in [6.45, 7) is 6.37. The zero-order valence-electron chi connectivity index (χ0n) is 15.4. The summed E-state index contributed by atoms with van der Waals surface area (Å²) < 4.78 is 0. The van der Waals surface area contributed by atoms with Gasteiger partial charge < -0.3 is 0 Å². The SMILES string of the molecule is CC(=O)[C@H]1CC[C@H]2[C@@H]3CCC4=CC(=O)C(Cl)C(Cl)[C@]4(C)[C@H]3CC[C@]12C. The van der Waals surface area contributed by atoms with Crippen LogP contribution in [-0.4, -0.2) is 22.3 Å². The van der Waals surface area contributed by atoms with Gasteiger partial charge in [0.25, 0.3) is 0 Å². The van der Waals surface area contributed by atoms with Crippen LogP contribution in [0.5, 0.6) is 0 Å². The minimum atomic E-state index is -0.615. The van der Waals surface area contributed by atoms with Crippen LogP contribution in [0.15, 0.2) is 11.6 Å². The van der Waals surface area contributed by atoms with Crippen molar-refractivity contribution in [3.8, 4) is 0 Å². The van der Waals surface area contributed by atoms with Crippen LogP contribution in [0.1, 0.15) is 59.3 Å². The molecule has 0 aliphatic heterocycles. The molecule has 25 heavy (non-hydrogen) atoms. The van der Waals surface area contributed by atoms with Gasteiger partial charge in [-0.1, -0.05) is 19.4 Å². The van der Waals surface area contributed by atoms with Crippen molar-refractivity contribution in [2.24, 2.45) is 34.5 Å². The first-order chi connectivity index (χ1) is 11.7. The normalized spacial score (nSPS) is 52.0. The third-order valence-electron chi connectivity index (χ3n) is 8.56. The number of alkyl halides is 2. The van der Waals surface area contributed by atoms with Gasteiger partial charge in [-0.2, -0.15) is 0 Å². The third kappa shape index (κ3) is 2.29. The predicted octanol–water partition coefficient (Wildman–Crippen LogP) is 5.16. The molecule has 138 valence electrons. The molecule has 0 heterocycles. The molecule has 0 bridgehead atoms. The van der Waals surface area contributed by atoms with Gasteiger partial charge in [0.15, 0.2) is 5.78 Å². The van der Waals surface area contributed by atoms with Crippen LogP contribution in [0, 0.1) is 34.5 Å². The maximum Gasteiger partial charge on any atom is 0.175 e. The van der Waals surface area contributed by atoms with Crippen molar-refractivity contribution in [3.05, 3.63) is 11.6 Å². The highest BCUT2D eigenvalue weighted by Gasteiger charge is 2.62. The van der Waals surface area contributed by atoms with E-state index < -0.39 is 5.38 Å². The molecule has 3 fully saturated rings. The topological polar surface area (TPSA) is 34.1 Å². The first kappa shape index (κ1) is 18.0. The second-order valence-corrected chi connectivity index (χ2v) is 10.3. The van der Waals surface area contributed by atoms with E-state index in [4.69, 9.17) is 23.2 Å². The van der Waals surface area contributed by atoms with Gasteiger partial charge in [0, 0.05) is 11.3 Å². The summed E-state index contributed by atoms with van der Waals surface area (Å²) in [5.74, 6) is 2.25. The molecule has 0 amide bonds. The number of halogens is 2. The van der Waals surface area contributed by atoms with E-state index in [0.29, 0.717) is 23.5 Å². The molecule has 2 unspecified atom stereocenters. The quantitative estimate of drug-likeness (QED) is 0.587. The largest absolute Gasteiger partial charge is 0.300 e. The van der Waals surface area contributed by atoms with Gasteiger partial charge in [-0.25, -0.2) is 0 Å². The number of ketones is 2.